The second-order valence-corrected chi connectivity index (χ2v) is 3.80. The molecule has 0 atom stereocenters. The first kappa shape index (κ1) is 6.90. The van der Waals surface area contributed by atoms with E-state index in [1.807, 2.05) is 6.92 Å². The molecule has 0 saturated heterocycles. The summed E-state index contributed by atoms with van der Waals surface area (Å²) in [6.45, 7) is 3.92. The summed E-state index contributed by atoms with van der Waals surface area (Å²) in [6, 6.07) is 0. The third kappa shape index (κ3) is 4.90. The average molecular weight is 274 g/mol. The summed E-state index contributed by atoms with van der Waals surface area (Å²) in [4.78, 5) is 0. The van der Waals surface area contributed by atoms with Crippen molar-refractivity contribution in [3.05, 3.63) is 0 Å². The summed E-state index contributed by atoms with van der Waals surface area (Å²) in [5, 5.41) is 0. The van der Waals surface area contributed by atoms with Crippen LogP contribution in [0.3, 0.4) is 0 Å². The van der Waals surface area contributed by atoms with Crippen LogP contribution in [0.15, 0.2) is 0 Å². The van der Waals surface area contributed by atoms with Gasteiger partial charge in [0.15, 0.2) is 0 Å². The topological polar surface area (TPSA) is 9.23 Å². The second-order valence-electron chi connectivity index (χ2n) is 1.05. The van der Waals surface area contributed by atoms with Gasteiger partial charge in [-0.25, -0.2) is 0 Å². The zero-order chi connectivity index (χ0) is 4.83. The van der Waals surface area contributed by atoms with Crippen LogP contribution in [0.25, 0.3) is 0 Å². The third-order valence-electron chi connectivity index (χ3n) is 0.493. The molecule has 0 saturated carbocycles. The molecule has 0 fully saturated rings. The minimum atomic E-state index is 0.886. The van der Waals surface area contributed by atoms with Gasteiger partial charge in [-0.3, -0.25) is 0 Å². The van der Waals surface area contributed by atoms with Crippen molar-refractivity contribution in [1.82, 2.24) is 0 Å². The molecule has 0 aromatic rings. The van der Waals surface area contributed by atoms with Crippen molar-refractivity contribution in [3.63, 3.8) is 0 Å². The molecular weight excluding hydrogens is 265 g/mol. The maximum absolute atomic E-state index is 5.03. The molecule has 0 bridgehead atoms. The van der Waals surface area contributed by atoms with Crippen LogP contribution >= 0.6 is 0 Å². The minimum absolute atomic E-state index is 0.886. The van der Waals surface area contributed by atoms with Crippen LogP contribution in [0.1, 0.15) is 6.92 Å². The van der Waals surface area contributed by atoms with Crippen molar-refractivity contribution in [2.45, 2.75) is 10.9 Å². The molecule has 2 heteroatoms. The summed E-state index contributed by atoms with van der Waals surface area (Å²) in [5.74, 6) is 0. The Morgan fingerprint density at radius 1 is 1.67 bits per heavy atom. The van der Waals surface area contributed by atoms with Gasteiger partial charge in [-0.2, -0.15) is 0 Å². The molecular formula is C4H9HgO+. The Morgan fingerprint density at radius 3 is 2.50 bits per heavy atom. The molecule has 0 spiro atoms. The monoisotopic (exact) mass is 275 g/mol. The third-order valence-corrected chi connectivity index (χ3v) is 1.62. The van der Waals surface area contributed by atoms with E-state index in [2.05, 4.69) is 0 Å². The first-order valence-corrected chi connectivity index (χ1v) is 6.17. The molecule has 0 amide bonds. The fourth-order valence-electron chi connectivity index (χ4n) is 0.246. The Bertz CT molecular complexity index is 19.5. The summed E-state index contributed by atoms with van der Waals surface area (Å²) in [7, 11) is 0. The SMILES string of the molecule is CCOC[CH2][Hg+]. The van der Waals surface area contributed by atoms with Crippen LogP contribution in [0, 0.1) is 0 Å². The average Bonchev–Trinajstić information content (AvgIpc) is 1.61. The maximum atomic E-state index is 5.03. The van der Waals surface area contributed by atoms with Gasteiger partial charge in [-0.1, -0.05) is 0 Å². The van der Waals surface area contributed by atoms with E-state index >= 15 is 0 Å². The molecule has 0 aliphatic heterocycles. The van der Waals surface area contributed by atoms with E-state index in [-0.39, 0.29) is 0 Å². The van der Waals surface area contributed by atoms with Crippen LogP contribution in [-0.2, 0) is 30.9 Å². The van der Waals surface area contributed by atoms with Gasteiger partial charge in [-0.05, 0) is 0 Å². The van der Waals surface area contributed by atoms with E-state index in [0.29, 0.717) is 0 Å². The normalized spacial score (nSPS) is 9.17. The van der Waals surface area contributed by atoms with E-state index in [9.17, 15) is 0 Å². The predicted molar refractivity (Wildman–Crippen MR) is 21.3 cm³/mol. The molecule has 0 unspecified atom stereocenters. The Labute approximate surface area is 55.0 Å². The Kier molecular flexibility index (Phi) is 6.77. The number of hydrogen-bond acceptors (Lipinski definition) is 1. The first-order chi connectivity index (χ1) is 2.91. The predicted octanol–water partition coefficient (Wildman–Crippen LogP) is 0.988. The van der Waals surface area contributed by atoms with E-state index in [4.69, 9.17) is 4.74 Å². The van der Waals surface area contributed by atoms with Crippen LogP contribution in [0.5, 0.6) is 0 Å². The quantitative estimate of drug-likeness (QED) is 0.550. The zero-order valence-corrected chi connectivity index (χ0v) is 9.73. The van der Waals surface area contributed by atoms with E-state index in [1.54, 1.807) is 0 Å². The fourth-order valence-corrected chi connectivity index (χ4v) is 1.04. The Hall–Kier alpha value is 0.895. The first-order valence-electron chi connectivity index (χ1n) is 2.28. The molecule has 0 heterocycles. The van der Waals surface area contributed by atoms with E-state index in [1.165, 1.54) is 3.93 Å². The summed E-state index contributed by atoms with van der Waals surface area (Å²) in [6.07, 6.45) is 0. The molecule has 6 heavy (non-hydrogen) atoms. The molecule has 32 valence electrons. The zero-order valence-electron chi connectivity index (χ0n) is 4.24. The molecule has 0 aliphatic rings. The second kappa shape index (κ2) is 5.90. The van der Waals surface area contributed by atoms with E-state index < -0.39 is 0 Å². The molecule has 0 aromatic carbocycles. The van der Waals surface area contributed by atoms with Gasteiger partial charge in [0.2, 0.25) is 0 Å². The molecule has 0 N–H and O–H groups in total. The summed E-state index contributed by atoms with van der Waals surface area (Å²) in [5.41, 5.74) is 0. The Balaban J connectivity index is 2.34. The van der Waals surface area contributed by atoms with Crippen LogP contribution in [-0.4, -0.2) is 13.2 Å². The van der Waals surface area contributed by atoms with Crippen molar-refractivity contribution in [3.8, 4) is 0 Å². The number of ether oxygens (including phenoxy) is 1. The van der Waals surface area contributed by atoms with Crippen LogP contribution in [0.2, 0.25) is 3.93 Å². The van der Waals surface area contributed by atoms with Gasteiger partial charge in [0, 0.05) is 0 Å². The Morgan fingerprint density at radius 2 is 2.33 bits per heavy atom. The van der Waals surface area contributed by atoms with Crippen molar-refractivity contribution in [2.24, 2.45) is 0 Å². The van der Waals surface area contributed by atoms with Gasteiger partial charge in [0.25, 0.3) is 0 Å². The van der Waals surface area contributed by atoms with Gasteiger partial charge in [0.05, 0.1) is 0 Å². The number of rotatable bonds is 3. The summed E-state index contributed by atoms with van der Waals surface area (Å²) >= 11 is 0.947. The van der Waals surface area contributed by atoms with Crippen LogP contribution in [0.4, 0.5) is 0 Å². The van der Waals surface area contributed by atoms with Gasteiger partial charge >= 0.3 is 54.9 Å². The van der Waals surface area contributed by atoms with Gasteiger partial charge in [-0.15, -0.1) is 0 Å². The van der Waals surface area contributed by atoms with Crippen molar-refractivity contribution in [2.75, 3.05) is 13.2 Å². The van der Waals surface area contributed by atoms with Crippen LogP contribution < -0.4 is 0 Å². The molecule has 0 rings (SSSR count). The molecule has 1 nitrogen and oxygen atoms in total. The van der Waals surface area contributed by atoms with Gasteiger partial charge < -0.3 is 0 Å². The van der Waals surface area contributed by atoms with E-state index in [0.717, 1.165) is 39.3 Å². The standard InChI is InChI=1S/C4H9O.Hg/c1-3-5-4-2;/h1,3-4H2,2H3;/q;+1. The van der Waals surface area contributed by atoms with Crippen molar-refractivity contribution < 1.29 is 30.9 Å². The van der Waals surface area contributed by atoms with Gasteiger partial charge in [0.1, 0.15) is 0 Å². The van der Waals surface area contributed by atoms with Crippen molar-refractivity contribution >= 4 is 0 Å². The molecule has 0 radical (unpaired) electrons. The molecule has 0 aromatic heterocycles. The van der Waals surface area contributed by atoms with Crippen molar-refractivity contribution in [1.29, 1.82) is 0 Å². The molecule has 0 aliphatic carbocycles. The number of hydrogen-bond donors (Lipinski definition) is 0. The summed E-state index contributed by atoms with van der Waals surface area (Å²) < 4.78 is 6.36. The fraction of sp³-hybridized carbons (Fsp3) is 1.00.